The van der Waals surface area contributed by atoms with Crippen molar-refractivity contribution in [3.63, 3.8) is 0 Å². The van der Waals surface area contributed by atoms with E-state index in [1.165, 1.54) is 19.3 Å². The van der Waals surface area contributed by atoms with Crippen LogP contribution in [0.5, 0.6) is 0 Å². The Hall–Kier alpha value is 0.240. The average molecular weight is 219 g/mol. The Bertz CT molecular complexity index is 131. The Kier molecular flexibility index (Phi) is 8.98. The highest BCUT2D eigenvalue weighted by Gasteiger charge is 2.06. The first-order valence-corrected chi connectivity index (χ1v) is 6.57. The van der Waals surface area contributed by atoms with Crippen LogP contribution in [-0.4, -0.2) is 28.1 Å². The zero-order valence-electron chi connectivity index (χ0n) is 9.01. The summed E-state index contributed by atoms with van der Waals surface area (Å²) in [4.78, 5) is 2.33. The molecule has 0 aromatic carbocycles. The van der Waals surface area contributed by atoms with Gasteiger partial charge in [-0.05, 0) is 25.0 Å². The molecule has 78 valence electrons. The van der Waals surface area contributed by atoms with Crippen LogP contribution in [0.4, 0.5) is 0 Å². The van der Waals surface area contributed by atoms with E-state index in [1.54, 1.807) is 0 Å². The Morgan fingerprint density at radius 1 is 1.08 bits per heavy atom. The van der Waals surface area contributed by atoms with Gasteiger partial charge in [0.1, 0.15) is 4.32 Å². The van der Waals surface area contributed by atoms with Gasteiger partial charge in [-0.1, -0.05) is 44.8 Å². The minimum atomic E-state index is 1.09. The maximum Gasteiger partial charge on any atom is 0.136 e. The zero-order valence-corrected chi connectivity index (χ0v) is 10.6. The van der Waals surface area contributed by atoms with Gasteiger partial charge in [-0.25, -0.2) is 0 Å². The summed E-state index contributed by atoms with van der Waals surface area (Å²) in [7, 11) is 0. The molecule has 13 heavy (non-hydrogen) atoms. The van der Waals surface area contributed by atoms with Gasteiger partial charge in [-0.2, -0.15) is 0 Å². The van der Waals surface area contributed by atoms with Gasteiger partial charge in [0.15, 0.2) is 0 Å². The molecule has 0 heterocycles. The summed E-state index contributed by atoms with van der Waals surface area (Å²) in [6.45, 7) is 8.83. The highest BCUT2D eigenvalue weighted by Crippen LogP contribution is 2.11. The normalized spacial score (nSPS) is 10.1. The number of hydrogen-bond donors (Lipinski definition) is 0. The molecule has 0 aromatic rings. The third-order valence-electron chi connectivity index (χ3n) is 1.67. The fourth-order valence-electron chi connectivity index (χ4n) is 1.11. The second-order valence-corrected chi connectivity index (χ2v) is 4.83. The summed E-state index contributed by atoms with van der Waals surface area (Å²) in [5.74, 6) is 1.16. The van der Waals surface area contributed by atoms with Crippen LogP contribution >= 0.6 is 24.0 Å². The number of thioether (sulfide) groups is 1. The summed E-state index contributed by atoms with van der Waals surface area (Å²) in [5, 5.41) is 0. The smallest absolute Gasteiger partial charge is 0.136 e. The molecule has 0 aromatic heterocycles. The molecule has 0 rings (SSSR count). The molecule has 0 unspecified atom stereocenters. The number of nitrogens with zero attached hydrogens (tertiary/aromatic N) is 1. The third kappa shape index (κ3) is 6.33. The second-order valence-electron chi connectivity index (χ2n) is 3.10. The zero-order chi connectivity index (χ0) is 10.1. The van der Waals surface area contributed by atoms with Crippen LogP contribution in [0.25, 0.3) is 0 Å². The lowest BCUT2D eigenvalue weighted by Crippen LogP contribution is -2.29. The molecule has 0 aliphatic heterocycles. The lowest BCUT2D eigenvalue weighted by atomic mass is 10.4. The van der Waals surface area contributed by atoms with E-state index >= 15 is 0 Å². The van der Waals surface area contributed by atoms with Crippen molar-refractivity contribution in [1.82, 2.24) is 4.90 Å². The van der Waals surface area contributed by atoms with E-state index < -0.39 is 0 Å². The van der Waals surface area contributed by atoms with Crippen molar-refractivity contribution in [3.8, 4) is 0 Å². The van der Waals surface area contributed by atoms with E-state index in [4.69, 9.17) is 12.2 Å². The van der Waals surface area contributed by atoms with Gasteiger partial charge in [-0.15, -0.1) is 0 Å². The van der Waals surface area contributed by atoms with Crippen LogP contribution in [-0.2, 0) is 0 Å². The van der Waals surface area contributed by atoms with E-state index in [0.29, 0.717) is 0 Å². The van der Waals surface area contributed by atoms with Gasteiger partial charge < -0.3 is 4.90 Å². The van der Waals surface area contributed by atoms with Crippen molar-refractivity contribution in [2.75, 3.05) is 18.8 Å². The van der Waals surface area contributed by atoms with E-state index in [1.807, 2.05) is 11.8 Å². The number of thiocarbonyl (C=S) groups is 1. The minimum Gasteiger partial charge on any atom is -0.358 e. The molecular weight excluding hydrogens is 198 g/mol. The molecule has 0 atom stereocenters. The van der Waals surface area contributed by atoms with Crippen LogP contribution in [0.15, 0.2) is 0 Å². The topological polar surface area (TPSA) is 3.24 Å². The molecule has 0 bridgehead atoms. The van der Waals surface area contributed by atoms with Gasteiger partial charge in [-0.3, -0.25) is 0 Å². The fraction of sp³-hybridized carbons (Fsp3) is 0.900. The third-order valence-corrected chi connectivity index (χ3v) is 3.40. The summed E-state index contributed by atoms with van der Waals surface area (Å²) < 4.78 is 1.09. The highest BCUT2D eigenvalue weighted by atomic mass is 32.2. The van der Waals surface area contributed by atoms with E-state index in [9.17, 15) is 0 Å². The van der Waals surface area contributed by atoms with Crippen LogP contribution in [0, 0.1) is 0 Å². The number of hydrogen-bond acceptors (Lipinski definition) is 2. The second kappa shape index (κ2) is 8.82. The van der Waals surface area contributed by atoms with Crippen molar-refractivity contribution in [2.45, 2.75) is 40.0 Å². The summed E-state index contributed by atoms with van der Waals surface area (Å²) >= 11 is 7.18. The summed E-state index contributed by atoms with van der Waals surface area (Å²) in [6, 6.07) is 0. The predicted molar refractivity (Wildman–Crippen MR) is 67.5 cm³/mol. The van der Waals surface area contributed by atoms with Crippen LogP contribution in [0.3, 0.4) is 0 Å². The molecule has 0 N–H and O–H groups in total. The average Bonchev–Trinajstić information content (AvgIpc) is 2.14. The van der Waals surface area contributed by atoms with Crippen LogP contribution < -0.4 is 0 Å². The van der Waals surface area contributed by atoms with Gasteiger partial charge in [0.05, 0.1) is 0 Å². The molecule has 0 saturated carbocycles. The van der Waals surface area contributed by atoms with Crippen LogP contribution in [0.1, 0.15) is 40.0 Å². The molecule has 0 aliphatic rings. The monoisotopic (exact) mass is 219 g/mol. The molecule has 0 spiro atoms. The maximum atomic E-state index is 5.36. The van der Waals surface area contributed by atoms with Crippen molar-refractivity contribution >= 4 is 28.3 Å². The van der Waals surface area contributed by atoms with Gasteiger partial charge in [0, 0.05) is 13.1 Å². The highest BCUT2D eigenvalue weighted by molar-refractivity contribution is 8.22. The minimum absolute atomic E-state index is 1.09. The van der Waals surface area contributed by atoms with Crippen molar-refractivity contribution in [3.05, 3.63) is 0 Å². The van der Waals surface area contributed by atoms with Crippen LogP contribution in [0.2, 0.25) is 0 Å². The SMILES string of the molecule is CCCSC(=S)N(CCC)CCC. The first kappa shape index (κ1) is 13.2. The first-order valence-electron chi connectivity index (χ1n) is 5.17. The van der Waals surface area contributed by atoms with E-state index in [-0.39, 0.29) is 0 Å². The molecule has 0 radical (unpaired) electrons. The molecule has 1 nitrogen and oxygen atoms in total. The summed E-state index contributed by atoms with van der Waals surface area (Å²) in [6.07, 6.45) is 3.58. The Labute approximate surface area is 92.3 Å². The molecule has 0 amide bonds. The maximum absolute atomic E-state index is 5.36. The van der Waals surface area contributed by atoms with Crippen molar-refractivity contribution < 1.29 is 0 Å². The fourth-order valence-corrected chi connectivity index (χ4v) is 2.29. The first-order chi connectivity index (χ1) is 6.26. The lowest BCUT2D eigenvalue weighted by molar-refractivity contribution is 0.430. The standard InChI is InChI=1S/C10H21NS2/c1-4-7-11(8-5-2)10(12)13-9-6-3/h4-9H2,1-3H3. The quantitative estimate of drug-likeness (QED) is 0.629. The Balaban J connectivity index is 3.80. The van der Waals surface area contributed by atoms with Crippen molar-refractivity contribution in [2.24, 2.45) is 0 Å². The molecule has 0 fully saturated rings. The van der Waals surface area contributed by atoms with Gasteiger partial charge in [0.25, 0.3) is 0 Å². The molecule has 0 aliphatic carbocycles. The predicted octanol–water partition coefficient (Wildman–Crippen LogP) is 3.54. The largest absolute Gasteiger partial charge is 0.358 e. The molecular formula is C10H21NS2. The van der Waals surface area contributed by atoms with E-state index in [0.717, 1.165) is 23.2 Å². The Morgan fingerprint density at radius 2 is 1.62 bits per heavy atom. The molecule has 3 heteroatoms. The lowest BCUT2D eigenvalue weighted by Gasteiger charge is -2.23. The molecule has 0 saturated heterocycles. The van der Waals surface area contributed by atoms with Gasteiger partial charge in [0.2, 0.25) is 0 Å². The Morgan fingerprint density at radius 3 is 2.00 bits per heavy atom. The van der Waals surface area contributed by atoms with Crippen molar-refractivity contribution in [1.29, 1.82) is 0 Å². The van der Waals surface area contributed by atoms with E-state index in [2.05, 4.69) is 25.7 Å². The number of rotatable bonds is 6. The van der Waals surface area contributed by atoms with Gasteiger partial charge >= 0.3 is 0 Å². The summed E-state index contributed by atoms with van der Waals surface area (Å²) in [5.41, 5.74) is 0.